The molecule has 1 amide bonds. The third kappa shape index (κ3) is 5.82. The second-order valence-corrected chi connectivity index (χ2v) is 9.10. The first kappa shape index (κ1) is 22.2. The number of benzene rings is 2. The van der Waals surface area contributed by atoms with Crippen molar-refractivity contribution in [3.63, 3.8) is 0 Å². The Balaban J connectivity index is 1.34. The molecule has 0 bridgehead atoms. The largest absolute Gasteiger partial charge is 0.493 e. The fourth-order valence-corrected chi connectivity index (χ4v) is 4.59. The van der Waals surface area contributed by atoms with E-state index >= 15 is 0 Å². The zero-order chi connectivity index (χ0) is 22.3. The number of ether oxygens (including phenoxy) is 2. The molecule has 4 rings (SSSR count). The zero-order valence-corrected chi connectivity index (χ0v) is 18.9. The van der Waals surface area contributed by atoms with Gasteiger partial charge in [0.1, 0.15) is 5.75 Å². The van der Waals surface area contributed by atoms with Crippen LogP contribution in [0.3, 0.4) is 0 Å². The summed E-state index contributed by atoms with van der Waals surface area (Å²) >= 11 is 1.95. The molecule has 2 aromatic carbocycles. The number of hydrogen-bond acceptors (Lipinski definition) is 7. The number of methoxy groups -OCH3 is 1. The van der Waals surface area contributed by atoms with E-state index in [4.69, 9.17) is 9.47 Å². The maximum absolute atomic E-state index is 12.7. The molecule has 2 aliphatic rings. The highest BCUT2D eigenvalue weighted by molar-refractivity contribution is 7.99. The van der Waals surface area contributed by atoms with E-state index < -0.39 is 0 Å². The van der Waals surface area contributed by atoms with E-state index in [0.717, 1.165) is 47.9 Å². The van der Waals surface area contributed by atoms with Crippen LogP contribution in [0.15, 0.2) is 47.6 Å². The molecule has 1 N–H and O–H groups in total. The van der Waals surface area contributed by atoms with E-state index in [1.807, 2.05) is 48.3 Å². The second kappa shape index (κ2) is 10.5. The van der Waals surface area contributed by atoms with Gasteiger partial charge in [0.05, 0.1) is 26.4 Å². The number of anilines is 1. The molecule has 0 radical (unpaired) electrons. The lowest BCUT2D eigenvalue weighted by Gasteiger charge is -2.25. The highest BCUT2D eigenvalue weighted by Gasteiger charge is 2.23. The number of nitrogens with one attached hydrogen (secondary N) is 1. The first-order chi connectivity index (χ1) is 15.6. The predicted octanol–water partition coefficient (Wildman–Crippen LogP) is 3.44. The number of carbonyl (C=O) groups excluding carboxylic acids is 2. The Labute approximate surface area is 192 Å². The smallest absolute Gasteiger partial charge is 0.305 e. The minimum absolute atomic E-state index is 0.103. The van der Waals surface area contributed by atoms with Gasteiger partial charge in [-0.3, -0.25) is 14.6 Å². The number of carbonyl (C=O) groups is 2. The van der Waals surface area contributed by atoms with Crippen LogP contribution in [-0.2, 0) is 16.0 Å². The van der Waals surface area contributed by atoms with Gasteiger partial charge in [-0.05, 0) is 35.7 Å². The molecule has 0 spiro atoms. The summed E-state index contributed by atoms with van der Waals surface area (Å²) in [5.74, 6) is 2.66. The molecular weight excluding hydrogens is 426 g/mol. The molecule has 0 aliphatic carbocycles. The summed E-state index contributed by atoms with van der Waals surface area (Å²) in [6, 6.07) is 13.0. The summed E-state index contributed by atoms with van der Waals surface area (Å²) in [5, 5.41) is 9.52. The Bertz CT molecular complexity index is 987. The average Bonchev–Trinajstić information content (AvgIpc) is 2.83. The van der Waals surface area contributed by atoms with Gasteiger partial charge in [0.25, 0.3) is 5.91 Å². The van der Waals surface area contributed by atoms with E-state index in [1.165, 1.54) is 7.11 Å². The average molecular weight is 454 g/mol. The van der Waals surface area contributed by atoms with E-state index in [2.05, 4.69) is 15.4 Å². The van der Waals surface area contributed by atoms with E-state index in [1.54, 1.807) is 12.1 Å². The molecule has 2 heterocycles. The van der Waals surface area contributed by atoms with Gasteiger partial charge in [0, 0.05) is 47.8 Å². The molecule has 0 saturated carbocycles. The first-order valence-corrected chi connectivity index (χ1v) is 11.9. The van der Waals surface area contributed by atoms with Crippen molar-refractivity contribution in [3.8, 4) is 5.75 Å². The van der Waals surface area contributed by atoms with Crippen molar-refractivity contribution in [3.05, 3.63) is 59.2 Å². The lowest BCUT2D eigenvalue weighted by molar-refractivity contribution is -0.142. The number of thioether (sulfide) groups is 1. The van der Waals surface area contributed by atoms with Crippen LogP contribution in [0.2, 0.25) is 0 Å². The molecule has 1 atom stereocenters. The Hall–Kier alpha value is -3.00. The van der Waals surface area contributed by atoms with Crippen LogP contribution >= 0.6 is 11.8 Å². The number of rotatable bonds is 6. The fraction of sp³-hybridized carbons (Fsp3) is 0.375. The van der Waals surface area contributed by atoms with Gasteiger partial charge in [-0.1, -0.05) is 18.2 Å². The summed E-state index contributed by atoms with van der Waals surface area (Å²) in [7, 11) is 1.39. The summed E-state index contributed by atoms with van der Waals surface area (Å²) < 4.78 is 10.6. The number of hydrazone groups is 1. The third-order valence-electron chi connectivity index (χ3n) is 5.52. The number of esters is 1. The standard InChI is InChI=1S/C24H27N3O4S/c1-30-23(28)13-18-12-20-6-7-21(14-22(20)31-16-18)26-24(29)19-4-2-17(3-5-19)15-25-27-8-10-32-11-9-27/h2-7,14-15,18H,8-13,16H2,1H3,(H,26,29)/b25-15+. The van der Waals surface area contributed by atoms with Crippen molar-refractivity contribution in [1.82, 2.24) is 5.01 Å². The lowest BCUT2D eigenvalue weighted by atomic mass is 9.94. The van der Waals surface area contributed by atoms with E-state index in [0.29, 0.717) is 24.3 Å². The van der Waals surface area contributed by atoms with Crippen molar-refractivity contribution in [2.75, 3.05) is 43.6 Å². The van der Waals surface area contributed by atoms with Gasteiger partial charge < -0.3 is 14.8 Å². The molecule has 1 unspecified atom stereocenters. The van der Waals surface area contributed by atoms with Crippen molar-refractivity contribution in [2.24, 2.45) is 11.0 Å². The first-order valence-electron chi connectivity index (χ1n) is 10.7. The molecule has 2 aliphatic heterocycles. The number of nitrogens with zero attached hydrogens (tertiary/aromatic N) is 2. The fourth-order valence-electron chi connectivity index (χ4n) is 3.70. The van der Waals surface area contributed by atoms with Crippen molar-refractivity contribution >= 4 is 35.5 Å². The van der Waals surface area contributed by atoms with Crippen LogP contribution in [0, 0.1) is 5.92 Å². The minimum atomic E-state index is -0.228. The van der Waals surface area contributed by atoms with Gasteiger partial charge in [0.2, 0.25) is 0 Å². The van der Waals surface area contributed by atoms with Crippen molar-refractivity contribution in [2.45, 2.75) is 12.8 Å². The molecule has 1 fully saturated rings. The molecule has 168 valence electrons. The molecule has 1 saturated heterocycles. The SMILES string of the molecule is COC(=O)CC1COc2cc(NC(=O)c3ccc(/C=N/N4CCSCC4)cc3)ccc2C1. The number of hydrogen-bond donors (Lipinski definition) is 1. The monoisotopic (exact) mass is 453 g/mol. The van der Waals surface area contributed by atoms with Gasteiger partial charge in [0.15, 0.2) is 0 Å². The molecule has 7 nitrogen and oxygen atoms in total. The normalized spacial score (nSPS) is 18.0. The van der Waals surface area contributed by atoms with Gasteiger partial charge in [-0.25, -0.2) is 0 Å². The van der Waals surface area contributed by atoms with Gasteiger partial charge in [-0.15, -0.1) is 0 Å². The molecule has 0 aromatic heterocycles. The highest BCUT2D eigenvalue weighted by Crippen LogP contribution is 2.31. The Kier molecular flexibility index (Phi) is 7.32. The quantitative estimate of drug-likeness (QED) is 0.533. The molecule has 2 aromatic rings. The number of fused-ring (bicyclic) bond motifs is 1. The minimum Gasteiger partial charge on any atom is -0.493 e. The molecule has 32 heavy (non-hydrogen) atoms. The second-order valence-electron chi connectivity index (χ2n) is 7.87. The van der Waals surface area contributed by atoms with Crippen LogP contribution in [-0.4, -0.2) is 61.4 Å². The van der Waals surface area contributed by atoms with Crippen LogP contribution < -0.4 is 10.1 Å². The zero-order valence-electron chi connectivity index (χ0n) is 18.1. The summed E-state index contributed by atoms with van der Waals surface area (Å²) in [4.78, 5) is 24.2. The van der Waals surface area contributed by atoms with E-state index in [-0.39, 0.29) is 17.8 Å². The molecule has 8 heteroatoms. The van der Waals surface area contributed by atoms with E-state index in [9.17, 15) is 9.59 Å². The van der Waals surface area contributed by atoms with Crippen LogP contribution in [0.25, 0.3) is 0 Å². The van der Waals surface area contributed by atoms with Gasteiger partial charge in [-0.2, -0.15) is 16.9 Å². The van der Waals surface area contributed by atoms with Crippen LogP contribution in [0.1, 0.15) is 27.9 Å². The summed E-state index contributed by atoms with van der Waals surface area (Å²) in [6.07, 6.45) is 2.93. The Morgan fingerprint density at radius 3 is 2.75 bits per heavy atom. The summed E-state index contributed by atoms with van der Waals surface area (Å²) in [6.45, 7) is 2.40. The van der Waals surface area contributed by atoms with Crippen molar-refractivity contribution in [1.29, 1.82) is 0 Å². The van der Waals surface area contributed by atoms with Crippen molar-refractivity contribution < 1.29 is 19.1 Å². The third-order valence-corrected chi connectivity index (χ3v) is 6.46. The van der Waals surface area contributed by atoms with Crippen LogP contribution in [0.5, 0.6) is 5.75 Å². The highest BCUT2D eigenvalue weighted by atomic mass is 32.2. The topological polar surface area (TPSA) is 80.2 Å². The Morgan fingerprint density at radius 1 is 1.22 bits per heavy atom. The lowest BCUT2D eigenvalue weighted by Crippen LogP contribution is -2.27. The van der Waals surface area contributed by atoms with Crippen LogP contribution in [0.4, 0.5) is 5.69 Å². The molecular formula is C24H27N3O4S. The predicted molar refractivity (Wildman–Crippen MR) is 127 cm³/mol. The maximum atomic E-state index is 12.7. The summed E-state index contributed by atoms with van der Waals surface area (Å²) in [5.41, 5.74) is 3.24. The van der Waals surface area contributed by atoms with Gasteiger partial charge >= 0.3 is 5.97 Å². The Morgan fingerprint density at radius 2 is 2.00 bits per heavy atom. The number of amides is 1. The maximum Gasteiger partial charge on any atom is 0.305 e.